The van der Waals surface area contributed by atoms with Gasteiger partial charge in [-0.2, -0.15) is 0 Å². The molecule has 0 aliphatic rings. The van der Waals surface area contributed by atoms with Gasteiger partial charge in [0.2, 0.25) is 5.91 Å². The van der Waals surface area contributed by atoms with Gasteiger partial charge < -0.3 is 9.88 Å². The van der Waals surface area contributed by atoms with Crippen LogP contribution >= 0.6 is 0 Å². The third-order valence-electron chi connectivity index (χ3n) is 6.50. The molecule has 7 nitrogen and oxygen atoms in total. The third kappa shape index (κ3) is 4.13. The predicted molar refractivity (Wildman–Crippen MR) is 144 cm³/mol. The van der Waals surface area contributed by atoms with Gasteiger partial charge in [-0.15, -0.1) is 0 Å². The summed E-state index contributed by atoms with van der Waals surface area (Å²) in [5, 5.41) is 3.69. The van der Waals surface area contributed by atoms with Gasteiger partial charge in [0.05, 0.1) is 17.6 Å². The molecular formula is C29H28N4O3. The summed E-state index contributed by atoms with van der Waals surface area (Å²) < 4.78 is 4.46. The second-order valence-electron chi connectivity index (χ2n) is 9.45. The van der Waals surface area contributed by atoms with Gasteiger partial charge in [0.15, 0.2) is 0 Å². The molecule has 0 radical (unpaired) electrons. The number of amides is 1. The number of nitrogens with zero attached hydrogens (tertiary/aromatic N) is 3. The number of benzene rings is 3. The molecule has 5 rings (SSSR count). The number of nitrogens with one attached hydrogen (secondary N) is 1. The van der Waals surface area contributed by atoms with E-state index in [1.807, 2.05) is 99.1 Å². The van der Waals surface area contributed by atoms with Crippen LogP contribution in [0.15, 0.2) is 76.3 Å². The van der Waals surface area contributed by atoms with E-state index in [4.69, 9.17) is 0 Å². The highest BCUT2D eigenvalue weighted by atomic mass is 16.2. The van der Waals surface area contributed by atoms with Crippen LogP contribution in [0.25, 0.3) is 21.9 Å². The van der Waals surface area contributed by atoms with E-state index >= 15 is 0 Å². The van der Waals surface area contributed by atoms with Crippen LogP contribution in [-0.4, -0.2) is 19.6 Å². The first-order valence-electron chi connectivity index (χ1n) is 11.9. The first-order chi connectivity index (χ1) is 17.2. The zero-order valence-corrected chi connectivity index (χ0v) is 20.8. The highest BCUT2D eigenvalue weighted by Crippen LogP contribution is 2.26. The largest absolute Gasteiger partial charge is 0.338 e. The van der Waals surface area contributed by atoms with Crippen molar-refractivity contribution in [2.75, 3.05) is 5.32 Å². The Morgan fingerprint density at radius 2 is 1.50 bits per heavy atom. The van der Waals surface area contributed by atoms with Crippen LogP contribution in [0, 0.1) is 20.8 Å². The quantitative estimate of drug-likeness (QED) is 0.408. The van der Waals surface area contributed by atoms with Crippen molar-refractivity contribution < 1.29 is 4.79 Å². The lowest BCUT2D eigenvalue weighted by Gasteiger charge is -2.14. The fourth-order valence-electron chi connectivity index (χ4n) is 4.96. The maximum absolute atomic E-state index is 13.8. The van der Waals surface area contributed by atoms with Crippen molar-refractivity contribution in [3.8, 4) is 0 Å². The molecule has 2 heterocycles. The molecule has 36 heavy (non-hydrogen) atoms. The Kier molecular flexibility index (Phi) is 5.84. The van der Waals surface area contributed by atoms with Crippen molar-refractivity contribution in [1.29, 1.82) is 0 Å². The molecule has 0 aliphatic heterocycles. The number of carbonyl (C=O) groups is 1. The van der Waals surface area contributed by atoms with Gasteiger partial charge in [-0.1, -0.05) is 48.0 Å². The zero-order valence-electron chi connectivity index (χ0n) is 20.8. The van der Waals surface area contributed by atoms with Crippen molar-refractivity contribution in [3.05, 3.63) is 110 Å². The van der Waals surface area contributed by atoms with E-state index in [9.17, 15) is 14.4 Å². The zero-order chi connectivity index (χ0) is 25.6. The van der Waals surface area contributed by atoms with Gasteiger partial charge in [-0.05, 0) is 61.7 Å². The molecule has 1 N–H and O–H groups in total. The summed E-state index contributed by atoms with van der Waals surface area (Å²) in [5.41, 5.74) is 5.38. The lowest BCUT2D eigenvalue weighted by Crippen LogP contribution is -2.42. The second-order valence-corrected chi connectivity index (χ2v) is 9.45. The van der Waals surface area contributed by atoms with E-state index in [1.54, 1.807) is 0 Å². The van der Waals surface area contributed by atoms with Crippen LogP contribution in [0.3, 0.4) is 0 Å². The van der Waals surface area contributed by atoms with E-state index in [0.29, 0.717) is 16.7 Å². The monoisotopic (exact) mass is 480 g/mol. The molecule has 0 saturated heterocycles. The van der Waals surface area contributed by atoms with Crippen molar-refractivity contribution in [2.45, 2.75) is 33.9 Å². The average molecular weight is 481 g/mol. The maximum Gasteiger partial charge on any atom is 0.332 e. The molecule has 1 amide bonds. The van der Waals surface area contributed by atoms with Crippen LogP contribution in [-0.2, 0) is 24.9 Å². The Morgan fingerprint density at radius 1 is 0.806 bits per heavy atom. The Balaban J connectivity index is 1.71. The number of aryl methyl sites for hydroxylation is 4. The van der Waals surface area contributed by atoms with E-state index in [2.05, 4.69) is 5.32 Å². The first-order valence-corrected chi connectivity index (χ1v) is 11.9. The Bertz CT molecular complexity index is 1740. The number of hydrogen-bond acceptors (Lipinski definition) is 3. The van der Waals surface area contributed by atoms with Crippen molar-refractivity contribution in [2.24, 2.45) is 7.05 Å². The smallest absolute Gasteiger partial charge is 0.332 e. The van der Waals surface area contributed by atoms with Crippen molar-refractivity contribution in [3.63, 3.8) is 0 Å². The second kappa shape index (κ2) is 9.00. The SMILES string of the molecule is Cc1cc(C)cc(NC(=O)Cn2c(=O)n(Cc3ccccc3)c(=O)c3c2c2cc(C)ccc2n3C)c1. The first kappa shape index (κ1) is 23.4. The molecule has 0 bridgehead atoms. The molecule has 0 fully saturated rings. The van der Waals surface area contributed by atoms with Gasteiger partial charge in [0.25, 0.3) is 5.56 Å². The molecular weight excluding hydrogens is 452 g/mol. The minimum absolute atomic E-state index is 0.119. The van der Waals surface area contributed by atoms with Crippen LogP contribution in [0.5, 0.6) is 0 Å². The van der Waals surface area contributed by atoms with Crippen molar-refractivity contribution in [1.82, 2.24) is 13.7 Å². The summed E-state index contributed by atoms with van der Waals surface area (Å²) in [6.07, 6.45) is 0. The average Bonchev–Trinajstić information content (AvgIpc) is 3.11. The molecule has 182 valence electrons. The van der Waals surface area contributed by atoms with Crippen LogP contribution in [0.4, 0.5) is 5.69 Å². The van der Waals surface area contributed by atoms with E-state index in [-0.39, 0.29) is 24.6 Å². The molecule has 3 aromatic carbocycles. The minimum atomic E-state index is -0.513. The number of fused-ring (bicyclic) bond motifs is 3. The predicted octanol–water partition coefficient (Wildman–Crippen LogP) is 4.27. The topological polar surface area (TPSA) is 78.0 Å². The molecule has 0 spiro atoms. The van der Waals surface area contributed by atoms with E-state index in [0.717, 1.165) is 33.2 Å². The third-order valence-corrected chi connectivity index (χ3v) is 6.50. The minimum Gasteiger partial charge on any atom is -0.338 e. The summed E-state index contributed by atoms with van der Waals surface area (Å²) in [5.74, 6) is -0.335. The van der Waals surface area contributed by atoms with E-state index < -0.39 is 5.69 Å². The van der Waals surface area contributed by atoms with Crippen molar-refractivity contribution >= 4 is 33.5 Å². The summed E-state index contributed by atoms with van der Waals surface area (Å²) in [6.45, 7) is 5.80. The molecule has 0 aliphatic carbocycles. The Morgan fingerprint density at radius 3 is 2.19 bits per heavy atom. The molecule has 7 heteroatoms. The molecule has 0 unspecified atom stereocenters. The van der Waals surface area contributed by atoms with Gasteiger partial charge in [0, 0.05) is 18.1 Å². The summed E-state index contributed by atoms with van der Waals surface area (Å²) in [6, 6.07) is 21.0. The number of rotatable bonds is 5. The summed E-state index contributed by atoms with van der Waals surface area (Å²) >= 11 is 0. The number of hydrogen-bond donors (Lipinski definition) is 1. The van der Waals surface area contributed by atoms with Crippen LogP contribution in [0.2, 0.25) is 0 Å². The lowest BCUT2D eigenvalue weighted by molar-refractivity contribution is -0.116. The maximum atomic E-state index is 13.8. The standard InChI is InChI=1S/C29H28N4O3/c1-18-10-11-24-23(15-18)26-27(31(24)4)28(35)33(16-21-8-6-5-7-9-21)29(36)32(26)17-25(34)30-22-13-19(2)12-20(3)14-22/h5-15H,16-17H2,1-4H3,(H,30,34). The number of aromatic nitrogens is 3. The van der Waals surface area contributed by atoms with Gasteiger partial charge in [-0.3, -0.25) is 18.7 Å². The van der Waals surface area contributed by atoms with Gasteiger partial charge >= 0.3 is 5.69 Å². The van der Waals surface area contributed by atoms with E-state index in [1.165, 1.54) is 9.13 Å². The Labute approximate surface area is 208 Å². The highest BCUT2D eigenvalue weighted by Gasteiger charge is 2.22. The molecule has 2 aromatic heterocycles. The molecule has 0 saturated carbocycles. The molecule has 0 atom stereocenters. The number of carbonyl (C=O) groups excluding carboxylic acids is 1. The summed E-state index contributed by atoms with van der Waals surface area (Å²) in [7, 11) is 1.82. The van der Waals surface area contributed by atoms with Crippen LogP contribution in [0.1, 0.15) is 22.3 Å². The normalized spacial score (nSPS) is 11.3. The Hall–Kier alpha value is -4.39. The fraction of sp³-hybridized carbons (Fsp3) is 0.207. The highest BCUT2D eigenvalue weighted by molar-refractivity contribution is 6.06. The van der Waals surface area contributed by atoms with Crippen LogP contribution < -0.4 is 16.6 Å². The molecule has 5 aromatic rings. The van der Waals surface area contributed by atoms with Gasteiger partial charge in [-0.25, -0.2) is 4.79 Å². The van der Waals surface area contributed by atoms with Gasteiger partial charge in [0.1, 0.15) is 12.1 Å². The lowest BCUT2D eigenvalue weighted by atomic mass is 10.1. The summed E-state index contributed by atoms with van der Waals surface area (Å²) in [4.78, 5) is 40.6. The number of anilines is 1. The fourth-order valence-corrected chi connectivity index (χ4v) is 4.96.